The smallest absolute Gasteiger partial charge is 0.253 e. The molecular formula is C32H29N7O. The van der Waals surface area contributed by atoms with Crippen LogP contribution in [0.4, 0.5) is 11.5 Å². The third-order valence-corrected chi connectivity index (χ3v) is 7.69. The van der Waals surface area contributed by atoms with Crippen molar-refractivity contribution in [3.05, 3.63) is 108 Å². The van der Waals surface area contributed by atoms with Gasteiger partial charge in [-0.25, -0.2) is 4.98 Å². The van der Waals surface area contributed by atoms with Gasteiger partial charge in [-0.2, -0.15) is 0 Å². The van der Waals surface area contributed by atoms with E-state index in [4.69, 9.17) is 0 Å². The van der Waals surface area contributed by atoms with Crippen molar-refractivity contribution in [1.82, 2.24) is 29.5 Å². The minimum atomic E-state index is 0.117. The summed E-state index contributed by atoms with van der Waals surface area (Å²) in [6.45, 7) is 6.06. The van der Waals surface area contributed by atoms with Crippen molar-refractivity contribution < 1.29 is 4.79 Å². The van der Waals surface area contributed by atoms with Crippen molar-refractivity contribution in [3.63, 3.8) is 0 Å². The molecule has 0 aliphatic carbocycles. The molecule has 1 N–H and O–H groups in total. The average Bonchev–Trinajstić information content (AvgIpc) is 3.37. The summed E-state index contributed by atoms with van der Waals surface area (Å²) in [6.07, 6.45) is 1.79. The van der Waals surface area contributed by atoms with Crippen LogP contribution in [0.25, 0.3) is 28.5 Å². The molecular weight excluding hydrogens is 498 g/mol. The number of pyridine rings is 1. The summed E-state index contributed by atoms with van der Waals surface area (Å²) in [4.78, 5) is 21.8. The predicted molar refractivity (Wildman–Crippen MR) is 156 cm³/mol. The Morgan fingerprint density at radius 1 is 0.825 bits per heavy atom. The fourth-order valence-corrected chi connectivity index (χ4v) is 5.47. The minimum Gasteiger partial charge on any atom is -0.338 e. The molecule has 1 amide bonds. The molecule has 0 atom stereocenters. The van der Waals surface area contributed by atoms with Crippen LogP contribution in [-0.2, 0) is 6.54 Å². The lowest BCUT2D eigenvalue weighted by Crippen LogP contribution is -2.48. The summed E-state index contributed by atoms with van der Waals surface area (Å²) in [6, 6.07) is 28.4. The second kappa shape index (κ2) is 10.1. The molecule has 1 fully saturated rings. The Hall–Kier alpha value is -4.82. The van der Waals surface area contributed by atoms with Gasteiger partial charge in [0, 0.05) is 55.6 Å². The summed E-state index contributed by atoms with van der Waals surface area (Å²) < 4.78 is 2.08. The molecule has 0 radical (unpaired) electrons. The summed E-state index contributed by atoms with van der Waals surface area (Å²) >= 11 is 0. The van der Waals surface area contributed by atoms with Crippen molar-refractivity contribution in [2.75, 3.05) is 31.5 Å². The maximum atomic E-state index is 12.9. The first-order valence-corrected chi connectivity index (χ1v) is 13.6. The van der Waals surface area contributed by atoms with Gasteiger partial charge >= 0.3 is 0 Å². The number of nitrogens with one attached hydrogen (secondary N) is 1. The number of fused-ring (bicyclic) bond motifs is 5. The molecule has 8 heteroatoms. The van der Waals surface area contributed by atoms with E-state index in [-0.39, 0.29) is 5.91 Å². The fraction of sp³-hybridized carbons (Fsp3) is 0.188. The SMILES string of the molecule is Cc1ccc(C(=O)N2CCN(Cc3ccc(-c4nnc5n4-c4cccnc4Nc4ccccc4-5)cc3)CC2)cc1. The Kier molecular flexibility index (Phi) is 6.09. The van der Waals surface area contributed by atoms with Gasteiger partial charge in [0.1, 0.15) is 0 Å². The van der Waals surface area contributed by atoms with Crippen LogP contribution in [-0.4, -0.2) is 61.6 Å². The highest BCUT2D eigenvalue weighted by Crippen LogP contribution is 2.39. The molecule has 40 heavy (non-hydrogen) atoms. The molecule has 2 aliphatic heterocycles. The van der Waals surface area contributed by atoms with E-state index < -0.39 is 0 Å². The summed E-state index contributed by atoms with van der Waals surface area (Å²) in [5.74, 6) is 2.45. The second-order valence-corrected chi connectivity index (χ2v) is 10.4. The standard InChI is InChI=1S/C32H29N7O/c1-22-8-12-25(13-9-22)32(40)38-19-17-37(18-20-38)21-23-10-14-24(15-11-23)30-35-36-31-26-5-2-3-6-27(26)34-29-28(39(30)31)7-4-16-33-29/h2-16H,17-21H2,1H3,(H,33,34). The Morgan fingerprint density at radius 3 is 2.38 bits per heavy atom. The number of amides is 1. The molecule has 0 unspecified atom stereocenters. The van der Waals surface area contributed by atoms with E-state index in [1.165, 1.54) is 5.56 Å². The summed E-state index contributed by atoms with van der Waals surface area (Å²) in [5, 5.41) is 12.7. The van der Waals surface area contributed by atoms with Gasteiger partial charge in [0.05, 0.1) is 11.4 Å². The molecule has 8 nitrogen and oxygen atoms in total. The number of aromatic nitrogens is 4. The van der Waals surface area contributed by atoms with Gasteiger partial charge in [0.15, 0.2) is 17.5 Å². The number of aryl methyl sites for hydroxylation is 1. The molecule has 0 spiro atoms. The van der Waals surface area contributed by atoms with Crippen LogP contribution < -0.4 is 5.32 Å². The summed E-state index contributed by atoms with van der Waals surface area (Å²) in [7, 11) is 0. The zero-order chi connectivity index (χ0) is 27.1. The van der Waals surface area contributed by atoms with Gasteiger partial charge in [0.2, 0.25) is 0 Å². The largest absolute Gasteiger partial charge is 0.338 e. The van der Waals surface area contributed by atoms with E-state index in [1.807, 2.05) is 66.4 Å². The third-order valence-electron chi connectivity index (χ3n) is 7.69. The van der Waals surface area contributed by atoms with Crippen LogP contribution in [0.1, 0.15) is 21.5 Å². The van der Waals surface area contributed by atoms with Crippen LogP contribution in [0.15, 0.2) is 91.1 Å². The molecule has 1 saturated heterocycles. The zero-order valence-electron chi connectivity index (χ0n) is 22.3. The number of hydrogen-bond acceptors (Lipinski definition) is 6. The number of piperazine rings is 1. The van der Waals surface area contributed by atoms with Crippen molar-refractivity contribution in [1.29, 1.82) is 0 Å². The quantitative estimate of drug-likeness (QED) is 0.334. The number of carbonyl (C=O) groups is 1. The molecule has 0 saturated carbocycles. The van der Waals surface area contributed by atoms with Gasteiger partial charge in [-0.1, -0.05) is 54.1 Å². The molecule has 0 bridgehead atoms. The Labute approximate surface area is 232 Å². The van der Waals surface area contributed by atoms with Crippen LogP contribution in [0, 0.1) is 6.92 Å². The zero-order valence-corrected chi connectivity index (χ0v) is 22.3. The minimum absolute atomic E-state index is 0.117. The second-order valence-electron chi connectivity index (χ2n) is 10.4. The first-order valence-electron chi connectivity index (χ1n) is 13.6. The van der Waals surface area contributed by atoms with Crippen LogP contribution >= 0.6 is 0 Å². The molecule has 7 rings (SSSR count). The lowest BCUT2D eigenvalue weighted by molar-refractivity contribution is 0.0628. The molecule has 3 aromatic carbocycles. The number of rotatable bonds is 4. The fourth-order valence-electron chi connectivity index (χ4n) is 5.47. The molecule has 5 aromatic rings. The first kappa shape index (κ1) is 24.2. The van der Waals surface area contributed by atoms with Gasteiger partial charge in [-0.15, -0.1) is 10.2 Å². The van der Waals surface area contributed by atoms with Crippen LogP contribution in [0.5, 0.6) is 0 Å². The van der Waals surface area contributed by atoms with Crippen LogP contribution in [0.2, 0.25) is 0 Å². The first-order chi connectivity index (χ1) is 19.6. The van der Waals surface area contributed by atoms with Gasteiger partial charge in [-0.05, 0) is 48.9 Å². The van der Waals surface area contributed by atoms with Crippen molar-refractivity contribution in [2.24, 2.45) is 0 Å². The highest BCUT2D eigenvalue weighted by atomic mass is 16.2. The lowest BCUT2D eigenvalue weighted by atomic mass is 10.1. The number of carbonyl (C=O) groups excluding carboxylic acids is 1. The van der Waals surface area contributed by atoms with Crippen LogP contribution in [0.3, 0.4) is 0 Å². The number of nitrogens with zero attached hydrogens (tertiary/aromatic N) is 6. The predicted octanol–water partition coefficient (Wildman–Crippen LogP) is 5.32. The van der Waals surface area contributed by atoms with Crippen molar-refractivity contribution in [3.8, 4) is 28.5 Å². The Balaban J connectivity index is 1.08. The number of para-hydroxylation sites is 1. The number of anilines is 2. The van der Waals surface area contributed by atoms with Crippen molar-refractivity contribution in [2.45, 2.75) is 13.5 Å². The molecule has 198 valence electrons. The van der Waals surface area contributed by atoms with Gasteiger partial charge in [-0.3, -0.25) is 14.3 Å². The highest BCUT2D eigenvalue weighted by molar-refractivity contribution is 5.94. The van der Waals surface area contributed by atoms with E-state index in [2.05, 4.69) is 60.3 Å². The van der Waals surface area contributed by atoms with E-state index in [9.17, 15) is 4.79 Å². The third kappa shape index (κ3) is 4.42. The average molecular weight is 528 g/mol. The van der Waals surface area contributed by atoms with Crippen molar-refractivity contribution >= 4 is 17.4 Å². The van der Waals surface area contributed by atoms with E-state index in [0.717, 1.165) is 83.8 Å². The molecule has 2 aromatic heterocycles. The highest BCUT2D eigenvalue weighted by Gasteiger charge is 2.25. The Morgan fingerprint density at radius 2 is 1.57 bits per heavy atom. The number of hydrogen-bond donors (Lipinski definition) is 1. The van der Waals surface area contributed by atoms with E-state index in [1.54, 1.807) is 6.20 Å². The maximum absolute atomic E-state index is 12.9. The maximum Gasteiger partial charge on any atom is 0.253 e. The molecule has 4 heterocycles. The molecule has 2 aliphatic rings. The van der Waals surface area contributed by atoms with Gasteiger partial charge < -0.3 is 10.2 Å². The summed E-state index contributed by atoms with van der Waals surface area (Å²) in [5.41, 5.74) is 6.99. The number of benzene rings is 3. The monoisotopic (exact) mass is 527 g/mol. The van der Waals surface area contributed by atoms with E-state index >= 15 is 0 Å². The topological polar surface area (TPSA) is 79.2 Å². The normalized spacial score (nSPS) is 14.5. The Bertz CT molecular complexity index is 1680. The van der Waals surface area contributed by atoms with Gasteiger partial charge in [0.25, 0.3) is 5.91 Å². The van der Waals surface area contributed by atoms with E-state index in [0.29, 0.717) is 0 Å². The lowest BCUT2D eigenvalue weighted by Gasteiger charge is -2.34.